The van der Waals surface area contributed by atoms with Crippen LogP contribution in [0.4, 0.5) is 5.82 Å². The minimum atomic E-state index is 0.193. The van der Waals surface area contributed by atoms with Crippen molar-refractivity contribution >= 4 is 29.0 Å². The van der Waals surface area contributed by atoms with E-state index in [1.54, 1.807) is 0 Å². The largest absolute Gasteiger partial charge is 0.353 e. The van der Waals surface area contributed by atoms with Crippen molar-refractivity contribution in [3.63, 3.8) is 0 Å². The molecule has 0 amide bonds. The quantitative estimate of drug-likeness (QED) is 0.888. The summed E-state index contributed by atoms with van der Waals surface area (Å²) in [4.78, 5) is 6.76. The highest BCUT2D eigenvalue weighted by atomic mass is 35.5. The van der Waals surface area contributed by atoms with E-state index in [1.165, 1.54) is 5.56 Å². The van der Waals surface area contributed by atoms with E-state index in [0.717, 1.165) is 16.5 Å². The first-order valence-electron chi connectivity index (χ1n) is 6.81. The molecule has 21 heavy (non-hydrogen) atoms. The average Bonchev–Trinajstić information content (AvgIpc) is 2.49. The Morgan fingerprint density at radius 2 is 1.81 bits per heavy atom. The van der Waals surface area contributed by atoms with Crippen molar-refractivity contribution in [2.75, 3.05) is 19.0 Å². The molecule has 0 aliphatic carbocycles. The van der Waals surface area contributed by atoms with Gasteiger partial charge in [0.1, 0.15) is 5.82 Å². The molecule has 0 spiro atoms. The van der Waals surface area contributed by atoms with E-state index >= 15 is 0 Å². The molecule has 0 saturated carbocycles. The average molecular weight is 324 g/mol. The summed E-state index contributed by atoms with van der Waals surface area (Å²) in [7, 11) is 3.91. The van der Waals surface area contributed by atoms with Crippen LogP contribution in [0.5, 0.6) is 0 Å². The van der Waals surface area contributed by atoms with Crippen LogP contribution in [0.3, 0.4) is 0 Å². The van der Waals surface area contributed by atoms with Gasteiger partial charge >= 0.3 is 0 Å². The number of rotatable bonds is 5. The van der Waals surface area contributed by atoms with E-state index in [1.807, 2.05) is 50.5 Å². The molecule has 3 nitrogen and oxygen atoms in total. The van der Waals surface area contributed by atoms with Crippen LogP contribution >= 0.6 is 23.2 Å². The molecule has 0 fully saturated rings. The highest BCUT2D eigenvalue weighted by Gasteiger charge is 2.14. The summed E-state index contributed by atoms with van der Waals surface area (Å²) < 4.78 is 0. The Morgan fingerprint density at radius 3 is 2.43 bits per heavy atom. The van der Waals surface area contributed by atoms with E-state index in [9.17, 15) is 0 Å². The van der Waals surface area contributed by atoms with Crippen LogP contribution in [-0.4, -0.2) is 19.1 Å². The molecule has 1 N–H and O–H groups in total. The van der Waals surface area contributed by atoms with Crippen molar-refractivity contribution < 1.29 is 0 Å². The third-order valence-electron chi connectivity index (χ3n) is 3.54. The van der Waals surface area contributed by atoms with Crippen molar-refractivity contribution in [3.8, 4) is 0 Å². The Balaban J connectivity index is 2.24. The summed E-state index contributed by atoms with van der Waals surface area (Å²) in [6.07, 6.45) is 0. The Labute approximate surface area is 135 Å². The van der Waals surface area contributed by atoms with Crippen LogP contribution in [-0.2, 0) is 6.54 Å². The van der Waals surface area contributed by atoms with Gasteiger partial charge in [0.25, 0.3) is 0 Å². The zero-order valence-electron chi connectivity index (χ0n) is 12.4. The molecular formula is C16H19Cl2N3. The number of hydrogen-bond acceptors (Lipinski definition) is 3. The first-order chi connectivity index (χ1) is 10.0. The van der Waals surface area contributed by atoms with Crippen LogP contribution in [0, 0.1) is 0 Å². The molecule has 1 unspecified atom stereocenters. The summed E-state index contributed by atoms with van der Waals surface area (Å²) in [6, 6.07) is 11.9. The fraction of sp³-hybridized carbons (Fsp3) is 0.312. The summed E-state index contributed by atoms with van der Waals surface area (Å²) >= 11 is 12.1. The first kappa shape index (κ1) is 16.1. The molecule has 0 saturated heterocycles. The predicted octanol–water partition coefficient (Wildman–Crippen LogP) is 4.31. The molecule has 0 bridgehead atoms. The number of halogens is 2. The second kappa shape index (κ2) is 7.12. The lowest BCUT2D eigenvalue weighted by Gasteiger charge is -2.27. The van der Waals surface area contributed by atoms with Crippen molar-refractivity contribution in [2.24, 2.45) is 0 Å². The molecule has 5 heteroatoms. The van der Waals surface area contributed by atoms with Gasteiger partial charge in [0.2, 0.25) is 0 Å². The molecule has 2 rings (SSSR count). The van der Waals surface area contributed by atoms with Gasteiger partial charge in [-0.1, -0.05) is 35.3 Å². The van der Waals surface area contributed by atoms with Crippen molar-refractivity contribution in [3.05, 3.63) is 57.7 Å². The fourth-order valence-electron chi connectivity index (χ4n) is 2.12. The number of pyridine rings is 1. The highest BCUT2D eigenvalue weighted by molar-refractivity contribution is 6.31. The molecule has 0 aliphatic rings. The maximum atomic E-state index is 6.16. The van der Waals surface area contributed by atoms with Gasteiger partial charge in [-0.05, 0) is 43.8 Å². The lowest BCUT2D eigenvalue weighted by atomic mass is 10.1. The molecule has 0 radical (unpaired) electrons. The smallest absolute Gasteiger partial charge is 0.129 e. The third-order valence-corrected chi connectivity index (χ3v) is 4.14. The van der Waals surface area contributed by atoms with Gasteiger partial charge in [0.05, 0.1) is 16.8 Å². The molecule has 112 valence electrons. The Kier molecular flexibility index (Phi) is 5.45. The molecule has 1 aromatic heterocycles. The third kappa shape index (κ3) is 3.88. The molecular weight excluding hydrogens is 305 g/mol. The zero-order valence-corrected chi connectivity index (χ0v) is 13.9. The summed E-state index contributed by atoms with van der Waals surface area (Å²) in [5, 5.41) is 4.50. The van der Waals surface area contributed by atoms with E-state index in [4.69, 9.17) is 23.2 Å². The van der Waals surface area contributed by atoms with Crippen LogP contribution in [0.15, 0.2) is 36.4 Å². The van der Waals surface area contributed by atoms with E-state index < -0.39 is 0 Å². The van der Waals surface area contributed by atoms with E-state index in [-0.39, 0.29) is 6.04 Å². The van der Waals surface area contributed by atoms with Gasteiger partial charge in [-0.25, -0.2) is 4.98 Å². The predicted molar refractivity (Wildman–Crippen MR) is 90.3 cm³/mol. The molecule has 1 atom stereocenters. The van der Waals surface area contributed by atoms with Crippen molar-refractivity contribution in [1.82, 2.24) is 10.3 Å². The van der Waals surface area contributed by atoms with E-state index in [2.05, 4.69) is 22.1 Å². The minimum absolute atomic E-state index is 0.193. The van der Waals surface area contributed by atoms with Crippen LogP contribution in [0.25, 0.3) is 0 Å². The minimum Gasteiger partial charge on any atom is -0.353 e. The second-order valence-electron chi connectivity index (χ2n) is 4.97. The molecule has 1 aromatic carbocycles. The Morgan fingerprint density at radius 1 is 1.14 bits per heavy atom. The summed E-state index contributed by atoms with van der Waals surface area (Å²) in [6.45, 7) is 2.78. The maximum Gasteiger partial charge on any atom is 0.129 e. The molecule has 2 aromatic rings. The first-order valence-corrected chi connectivity index (χ1v) is 7.57. The second-order valence-corrected chi connectivity index (χ2v) is 5.81. The topological polar surface area (TPSA) is 28.2 Å². The van der Waals surface area contributed by atoms with Gasteiger partial charge in [-0.3, -0.25) is 0 Å². The number of anilines is 1. The van der Waals surface area contributed by atoms with Gasteiger partial charge in [-0.2, -0.15) is 0 Å². The van der Waals surface area contributed by atoms with Gasteiger partial charge in [-0.15, -0.1) is 0 Å². The van der Waals surface area contributed by atoms with Gasteiger partial charge in [0.15, 0.2) is 0 Å². The number of nitrogens with one attached hydrogen (secondary N) is 1. The number of benzene rings is 1. The lowest BCUT2D eigenvalue weighted by molar-refractivity contribution is 0.719. The van der Waals surface area contributed by atoms with Crippen LogP contribution in [0.2, 0.25) is 10.0 Å². The Hall–Kier alpha value is -1.29. The highest BCUT2D eigenvalue weighted by Crippen LogP contribution is 2.26. The van der Waals surface area contributed by atoms with Gasteiger partial charge < -0.3 is 10.2 Å². The summed E-state index contributed by atoms with van der Waals surface area (Å²) in [5.41, 5.74) is 2.04. The van der Waals surface area contributed by atoms with Crippen LogP contribution < -0.4 is 10.2 Å². The number of aromatic nitrogens is 1. The summed E-state index contributed by atoms with van der Waals surface area (Å²) in [5.74, 6) is 0.895. The number of nitrogens with zero attached hydrogens (tertiary/aromatic N) is 2. The molecule has 1 heterocycles. The SMILES string of the molecule is CNCc1nc(N(C)C(C)c2ccc(Cl)cc2)ccc1Cl. The maximum absolute atomic E-state index is 6.16. The monoisotopic (exact) mass is 323 g/mol. The van der Waals surface area contributed by atoms with Crippen molar-refractivity contribution in [1.29, 1.82) is 0 Å². The van der Waals surface area contributed by atoms with Gasteiger partial charge in [0, 0.05) is 18.6 Å². The standard InChI is InChI=1S/C16H19Cl2N3/c1-11(12-4-6-13(17)7-5-12)21(3)16-9-8-14(18)15(20-16)10-19-2/h4-9,11,19H,10H2,1-3H3. The normalized spacial score (nSPS) is 12.2. The lowest BCUT2D eigenvalue weighted by Crippen LogP contribution is -2.23. The van der Waals surface area contributed by atoms with E-state index in [0.29, 0.717) is 11.6 Å². The number of hydrogen-bond donors (Lipinski definition) is 1. The van der Waals surface area contributed by atoms with Crippen LogP contribution in [0.1, 0.15) is 24.2 Å². The fourth-order valence-corrected chi connectivity index (χ4v) is 2.42. The molecule has 0 aliphatic heterocycles. The Bertz CT molecular complexity index is 599. The zero-order chi connectivity index (χ0) is 15.4. The van der Waals surface area contributed by atoms with Crippen molar-refractivity contribution in [2.45, 2.75) is 19.5 Å².